The van der Waals surface area contributed by atoms with Crippen LogP contribution in [0.1, 0.15) is 57.9 Å². The van der Waals surface area contributed by atoms with Crippen molar-refractivity contribution >= 4 is 17.5 Å². The van der Waals surface area contributed by atoms with E-state index in [-0.39, 0.29) is 24.4 Å². The van der Waals surface area contributed by atoms with Crippen LogP contribution in [0.25, 0.3) is 0 Å². The number of hydrogen-bond donors (Lipinski definition) is 1. The molecule has 1 aliphatic carbocycles. The summed E-state index contributed by atoms with van der Waals surface area (Å²) in [4.78, 5) is 26.0. The molecular formula is C19H28N2O2. The highest BCUT2D eigenvalue weighted by Gasteiger charge is 2.24. The quantitative estimate of drug-likeness (QED) is 0.841. The Kier molecular flexibility index (Phi) is 6.63. The molecule has 23 heavy (non-hydrogen) atoms. The van der Waals surface area contributed by atoms with E-state index in [0.717, 1.165) is 37.8 Å². The van der Waals surface area contributed by atoms with Gasteiger partial charge in [0.15, 0.2) is 0 Å². The predicted molar refractivity (Wildman–Crippen MR) is 93.3 cm³/mol. The van der Waals surface area contributed by atoms with Crippen LogP contribution >= 0.6 is 0 Å². The highest BCUT2D eigenvalue weighted by Crippen LogP contribution is 2.22. The van der Waals surface area contributed by atoms with Crippen molar-refractivity contribution in [1.82, 2.24) is 4.90 Å². The molecule has 1 N–H and O–H groups in total. The molecule has 0 radical (unpaired) electrons. The average molecular weight is 316 g/mol. The summed E-state index contributed by atoms with van der Waals surface area (Å²) < 4.78 is 0. The monoisotopic (exact) mass is 316 g/mol. The molecule has 126 valence electrons. The highest BCUT2D eigenvalue weighted by molar-refractivity contribution is 5.94. The van der Waals surface area contributed by atoms with Crippen molar-refractivity contribution in [2.75, 3.05) is 11.9 Å². The van der Waals surface area contributed by atoms with E-state index in [1.165, 1.54) is 18.4 Å². The van der Waals surface area contributed by atoms with Gasteiger partial charge >= 0.3 is 0 Å². The third-order valence-electron chi connectivity index (χ3n) is 4.63. The molecule has 0 heterocycles. The molecule has 2 rings (SSSR count). The standard InChI is InChI=1S/C19H28N2O2/c1-3-16-10-12-17(13-11-16)20-19(23)14-21(15(2)22)18-8-6-4-5-7-9-18/h10-13,18H,3-9,14H2,1-2H3,(H,20,23). The van der Waals surface area contributed by atoms with Crippen molar-refractivity contribution in [2.45, 2.75) is 64.8 Å². The van der Waals surface area contributed by atoms with Gasteiger partial charge in [-0.1, -0.05) is 44.7 Å². The van der Waals surface area contributed by atoms with Crippen molar-refractivity contribution in [3.63, 3.8) is 0 Å². The minimum atomic E-state index is -0.117. The van der Waals surface area contributed by atoms with Crippen molar-refractivity contribution in [3.05, 3.63) is 29.8 Å². The molecule has 0 saturated heterocycles. The van der Waals surface area contributed by atoms with E-state index >= 15 is 0 Å². The van der Waals surface area contributed by atoms with Crippen molar-refractivity contribution in [2.24, 2.45) is 0 Å². The lowest BCUT2D eigenvalue weighted by molar-refractivity contribution is -0.135. The molecule has 0 aromatic heterocycles. The Balaban J connectivity index is 1.95. The van der Waals surface area contributed by atoms with Gasteiger partial charge in [-0.3, -0.25) is 9.59 Å². The normalized spacial score (nSPS) is 15.7. The number of anilines is 1. The van der Waals surface area contributed by atoms with Crippen molar-refractivity contribution in [3.8, 4) is 0 Å². The van der Waals surface area contributed by atoms with Gasteiger partial charge in [-0.25, -0.2) is 0 Å². The second-order valence-corrected chi connectivity index (χ2v) is 6.39. The van der Waals surface area contributed by atoms with Crippen molar-refractivity contribution in [1.29, 1.82) is 0 Å². The van der Waals surface area contributed by atoms with E-state index in [2.05, 4.69) is 12.2 Å². The zero-order valence-electron chi connectivity index (χ0n) is 14.3. The lowest BCUT2D eigenvalue weighted by atomic mass is 10.1. The minimum absolute atomic E-state index is 0.00613. The maximum Gasteiger partial charge on any atom is 0.244 e. The zero-order chi connectivity index (χ0) is 16.7. The Morgan fingerprint density at radius 1 is 1.09 bits per heavy atom. The smallest absolute Gasteiger partial charge is 0.244 e. The molecule has 1 aromatic rings. The van der Waals surface area contributed by atoms with Crippen LogP contribution in [0.2, 0.25) is 0 Å². The van der Waals surface area contributed by atoms with E-state index < -0.39 is 0 Å². The molecule has 1 aliphatic rings. The van der Waals surface area contributed by atoms with E-state index in [1.807, 2.05) is 24.3 Å². The van der Waals surface area contributed by atoms with E-state index in [1.54, 1.807) is 11.8 Å². The van der Waals surface area contributed by atoms with Gasteiger partial charge in [0.05, 0.1) is 0 Å². The molecule has 4 heteroatoms. The fourth-order valence-electron chi connectivity index (χ4n) is 3.25. The summed E-state index contributed by atoms with van der Waals surface area (Å²) in [5.41, 5.74) is 2.03. The predicted octanol–water partition coefficient (Wildman–Crippen LogP) is 3.76. The number of carbonyl (C=O) groups is 2. The maximum absolute atomic E-state index is 12.3. The summed E-state index contributed by atoms with van der Waals surface area (Å²) in [5, 5.41) is 2.90. The van der Waals surface area contributed by atoms with E-state index in [9.17, 15) is 9.59 Å². The topological polar surface area (TPSA) is 49.4 Å². The van der Waals surface area contributed by atoms with E-state index in [0.29, 0.717) is 0 Å². The Hall–Kier alpha value is -1.84. The second-order valence-electron chi connectivity index (χ2n) is 6.39. The van der Waals surface area contributed by atoms with Crippen molar-refractivity contribution < 1.29 is 9.59 Å². The van der Waals surface area contributed by atoms with Gasteiger partial charge in [-0.05, 0) is 37.0 Å². The molecule has 0 bridgehead atoms. The van der Waals surface area contributed by atoms with Gasteiger partial charge < -0.3 is 10.2 Å². The lowest BCUT2D eigenvalue weighted by Crippen LogP contribution is -2.43. The van der Waals surface area contributed by atoms with Gasteiger partial charge in [-0.2, -0.15) is 0 Å². The molecule has 0 aliphatic heterocycles. The number of nitrogens with zero attached hydrogens (tertiary/aromatic N) is 1. The fraction of sp³-hybridized carbons (Fsp3) is 0.579. The van der Waals surface area contributed by atoms with Gasteiger partial charge in [0.1, 0.15) is 6.54 Å². The number of nitrogens with one attached hydrogen (secondary N) is 1. The number of carbonyl (C=O) groups excluding carboxylic acids is 2. The minimum Gasteiger partial charge on any atom is -0.331 e. The van der Waals surface area contributed by atoms with Crippen LogP contribution in [0, 0.1) is 0 Å². The van der Waals surface area contributed by atoms with Crippen LogP contribution in [0.15, 0.2) is 24.3 Å². The summed E-state index contributed by atoms with van der Waals surface area (Å²) >= 11 is 0. The average Bonchev–Trinajstić information content (AvgIpc) is 2.82. The SMILES string of the molecule is CCc1ccc(NC(=O)CN(C(C)=O)C2CCCCCC2)cc1. The van der Waals surface area contributed by atoms with E-state index in [4.69, 9.17) is 0 Å². The first kappa shape index (κ1) is 17.5. The van der Waals surface area contributed by atoms with Crippen LogP contribution in [-0.4, -0.2) is 29.3 Å². The molecule has 0 unspecified atom stereocenters. The lowest BCUT2D eigenvalue weighted by Gasteiger charge is -2.29. The van der Waals surface area contributed by atoms with Crippen LogP contribution in [0.4, 0.5) is 5.69 Å². The molecule has 4 nitrogen and oxygen atoms in total. The van der Waals surface area contributed by atoms with Crippen LogP contribution in [0.3, 0.4) is 0 Å². The first-order chi connectivity index (χ1) is 11.1. The highest BCUT2D eigenvalue weighted by atomic mass is 16.2. The van der Waals surface area contributed by atoms with Crippen LogP contribution < -0.4 is 5.32 Å². The Morgan fingerprint density at radius 2 is 1.70 bits per heavy atom. The largest absolute Gasteiger partial charge is 0.331 e. The first-order valence-electron chi connectivity index (χ1n) is 8.76. The Bertz CT molecular complexity index is 517. The Labute approximate surface area is 139 Å². The fourth-order valence-corrected chi connectivity index (χ4v) is 3.25. The summed E-state index contributed by atoms with van der Waals surface area (Å²) in [6.07, 6.45) is 7.77. The summed E-state index contributed by atoms with van der Waals surface area (Å²) in [7, 11) is 0. The molecule has 0 spiro atoms. The Morgan fingerprint density at radius 3 is 2.22 bits per heavy atom. The van der Waals surface area contributed by atoms with Gasteiger partial charge in [-0.15, -0.1) is 0 Å². The summed E-state index contributed by atoms with van der Waals surface area (Å²) in [6.45, 7) is 3.81. The molecular weight excluding hydrogens is 288 g/mol. The molecule has 2 amide bonds. The number of amides is 2. The summed E-state index contributed by atoms with van der Waals surface area (Å²) in [6, 6.07) is 8.08. The van der Waals surface area contributed by atoms with Crippen LogP contribution in [0.5, 0.6) is 0 Å². The van der Waals surface area contributed by atoms with Gasteiger partial charge in [0, 0.05) is 18.7 Å². The third-order valence-corrected chi connectivity index (χ3v) is 4.63. The molecule has 1 aromatic carbocycles. The number of benzene rings is 1. The number of aryl methyl sites for hydroxylation is 1. The van der Waals surface area contributed by atoms with Gasteiger partial charge in [0.2, 0.25) is 11.8 Å². The maximum atomic E-state index is 12.3. The number of rotatable bonds is 5. The summed E-state index contributed by atoms with van der Waals surface area (Å²) in [5.74, 6) is -0.123. The van der Waals surface area contributed by atoms with Crippen LogP contribution in [-0.2, 0) is 16.0 Å². The first-order valence-corrected chi connectivity index (χ1v) is 8.76. The molecule has 0 atom stereocenters. The second kappa shape index (κ2) is 8.70. The molecule has 1 fully saturated rings. The van der Waals surface area contributed by atoms with Gasteiger partial charge in [0.25, 0.3) is 0 Å². The third kappa shape index (κ3) is 5.38. The number of hydrogen-bond acceptors (Lipinski definition) is 2. The zero-order valence-corrected chi connectivity index (χ0v) is 14.3. The molecule has 1 saturated carbocycles.